The SMILES string of the molecule is Cc1cc(=O)oc2cc(OC(=O)/C=C/c3ccc([N+](C)(C)C)cc3)ccc12.[Cl-]. The van der Waals surface area contributed by atoms with Gasteiger partial charge in [-0.3, -0.25) is 4.48 Å². The zero-order valence-corrected chi connectivity index (χ0v) is 17.0. The predicted molar refractivity (Wildman–Crippen MR) is 108 cm³/mol. The Morgan fingerprint density at radius 3 is 2.36 bits per heavy atom. The quantitative estimate of drug-likeness (QED) is 0.215. The Labute approximate surface area is 169 Å². The summed E-state index contributed by atoms with van der Waals surface area (Å²) in [4.78, 5) is 23.6. The van der Waals surface area contributed by atoms with Crippen molar-refractivity contribution in [2.24, 2.45) is 0 Å². The second-order valence-corrected chi connectivity index (χ2v) is 7.26. The molecular weight excluding hydrogens is 378 g/mol. The standard InChI is InChI=1S/C22H22NO4.ClH/c1-15-13-22(25)27-20-14-18(10-11-19(15)20)26-21(24)12-7-16-5-8-17(9-6-16)23(2,3)4;/h5-14H,1-4H3;1H/q+1;/p-1/b12-7+;. The number of fused-ring (bicyclic) bond motifs is 1. The minimum Gasteiger partial charge on any atom is -1.00 e. The van der Waals surface area contributed by atoms with E-state index in [1.165, 1.54) is 17.8 Å². The Kier molecular flexibility index (Phi) is 6.44. The van der Waals surface area contributed by atoms with Gasteiger partial charge in [0, 0.05) is 23.6 Å². The third-order valence-corrected chi connectivity index (χ3v) is 4.22. The average Bonchev–Trinajstić information content (AvgIpc) is 2.59. The van der Waals surface area contributed by atoms with Crippen LogP contribution in [-0.4, -0.2) is 27.1 Å². The van der Waals surface area contributed by atoms with Gasteiger partial charge < -0.3 is 21.6 Å². The highest BCUT2D eigenvalue weighted by Crippen LogP contribution is 2.22. The Balaban J connectivity index is 0.00000280. The number of nitrogens with zero attached hydrogens (tertiary/aromatic N) is 1. The van der Waals surface area contributed by atoms with Crippen LogP contribution in [-0.2, 0) is 4.79 Å². The number of carbonyl (C=O) groups is 1. The molecule has 0 aliphatic carbocycles. The van der Waals surface area contributed by atoms with Gasteiger partial charge in [-0.1, -0.05) is 0 Å². The second-order valence-electron chi connectivity index (χ2n) is 7.26. The number of benzene rings is 2. The molecule has 1 aromatic heterocycles. The number of halogens is 1. The number of hydrogen-bond acceptors (Lipinski definition) is 4. The van der Waals surface area contributed by atoms with Gasteiger partial charge in [-0.05, 0) is 60.5 Å². The number of quaternary nitrogens is 1. The molecule has 0 spiro atoms. The van der Waals surface area contributed by atoms with Crippen molar-refractivity contribution < 1.29 is 26.4 Å². The van der Waals surface area contributed by atoms with E-state index in [4.69, 9.17) is 9.15 Å². The van der Waals surface area contributed by atoms with Crippen LogP contribution in [0.15, 0.2) is 63.8 Å². The molecule has 3 aromatic rings. The average molecular weight is 400 g/mol. The van der Waals surface area contributed by atoms with Gasteiger partial charge in [-0.15, -0.1) is 0 Å². The zero-order chi connectivity index (χ0) is 19.6. The first-order valence-electron chi connectivity index (χ1n) is 8.59. The highest BCUT2D eigenvalue weighted by molar-refractivity contribution is 5.89. The van der Waals surface area contributed by atoms with Crippen molar-refractivity contribution in [1.29, 1.82) is 0 Å². The largest absolute Gasteiger partial charge is 1.00 e. The molecule has 3 rings (SSSR count). The lowest BCUT2D eigenvalue weighted by Crippen LogP contribution is -3.00. The Morgan fingerprint density at radius 1 is 1.04 bits per heavy atom. The van der Waals surface area contributed by atoms with Gasteiger partial charge >= 0.3 is 11.6 Å². The van der Waals surface area contributed by atoms with E-state index in [2.05, 4.69) is 21.1 Å². The number of carbonyl (C=O) groups excluding carboxylic acids is 1. The van der Waals surface area contributed by atoms with Crippen molar-refractivity contribution in [3.8, 4) is 5.75 Å². The van der Waals surface area contributed by atoms with Crippen molar-refractivity contribution in [1.82, 2.24) is 4.48 Å². The molecule has 146 valence electrons. The summed E-state index contributed by atoms with van der Waals surface area (Å²) in [6.07, 6.45) is 3.07. The second kappa shape index (κ2) is 8.42. The molecule has 5 nitrogen and oxygen atoms in total. The van der Waals surface area contributed by atoms with Crippen LogP contribution in [0.1, 0.15) is 11.1 Å². The van der Waals surface area contributed by atoms with Crippen LogP contribution in [0.3, 0.4) is 0 Å². The molecule has 0 saturated heterocycles. The van der Waals surface area contributed by atoms with Crippen LogP contribution in [0.25, 0.3) is 17.0 Å². The maximum Gasteiger partial charge on any atom is 0.336 e. The molecule has 6 heteroatoms. The van der Waals surface area contributed by atoms with Crippen molar-refractivity contribution in [3.63, 3.8) is 0 Å². The molecule has 0 fully saturated rings. The first kappa shape index (κ1) is 21.4. The maximum absolute atomic E-state index is 12.1. The number of ether oxygens (including phenoxy) is 1. The van der Waals surface area contributed by atoms with Crippen molar-refractivity contribution >= 4 is 28.7 Å². The van der Waals surface area contributed by atoms with Gasteiger partial charge in [0.1, 0.15) is 17.0 Å². The molecule has 0 N–H and O–H groups in total. The fourth-order valence-corrected chi connectivity index (χ4v) is 2.72. The Bertz CT molecular complexity index is 1080. The predicted octanol–water partition coefficient (Wildman–Crippen LogP) is 0.921. The summed E-state index contributed by atoms with van der Waals surface area (Å²) in [5, 5.41) is 0.808. The van der Waals surface area contributed by atoms with Crippen LogP contribution in [0, 0.1) is 6.92 Å². The first-order valence-corrected chi connectivity index (χ1v) is 8.59. The third-order valence-electron chi connectivity index (χ3n) is 4.22. The summed E-state index contributed by atoms with van der Waals surface area (Å²) in [6.45, 7) is 1.83. The molecule has 0 atom stereocenters. The third kappa shape index (κ3) is 5.09. The number of aryl methyl sites for hydroxylation is 1. The molecule has 28 heavy (non-hydrogen) atoms. The lowest BCUT2D eigenvalue weighted by molar-refractivity contribution is -0.128. The van der Waals surface area contributed by atoms with Crippen LogP contribution in [0.4, 0.5) is 5.69 Å². The topological polar surface area (TPSA) is 56.5 Å². The van der Waals surface area contributed by atoms with Gasteiger partial charge in [-0.2, -0.15) is 0 Å². The molecule has 0 saturated carbocycles. The molecule has 2 aromatic carbocycles. The number of hydrogen-bond donors (Lipinski definition) is 0. The van der Waals surface area contributed by atoms with Gasteiger partial charge in [0.25, 0.3) is 0 Å². The van der Waals surface area contributed by atoms with E-state index < -0.39 is 11.6 Å². The normalized spacial score (nSPS) is 11.4. The van der Waals surface area contributed by atoms with E-state index >= 15 is 0 Å². The van der Waals surface area contributed by atoms with E-state index in [1.807, 2.05) is 31.2 Å². The summed E-state index contributed by atoms with van der Waals surface area (Å²) >= 11 is 0. The van der Waals surface area contributed by atoms with Gasteiger partial charge in [-0.25, -0.2) is 9.59 Å². The van der Waals surface area contributed by atoms with Crippen LogP contribution < -0.4 is 27.3 Å². The molecule has 1 heterocycles. The van der Waals surface area contributed by atoms with E-state index in [0.29, 0.717) is 11.3 Å². The first-order chi connectivity index (χ1) is 12.7. The van der Waals surface area contributed by atoms with Gasteiger partial charge in [0.15, 0.2) is 0 Å². The fraction of sp³-hybridized carbons (Fsp3) is 0.182. The van der Waals surface area contributed by atoms with Crippen molar-refractivity contribution in [3.05, 3.63) is 76.2 Å². The van der Waals surface area contributed by atoms with Crippen LogP contribution in [0.2, 0.25) is 0 Å². The minimum atomic E-state index is -0.500. The van der Waals surface area contributed by atoms with Crippen LogP contribution >= 0.6 is 0 Å². The Morgan fingerprint density at radius 2 is 1.71 bits per heavy atom. The summed E-state index contributed by atoms with van der Waals surface area (Å²) in [6, 6.07) is 14.4. The lowest BCUT2D eigenvalue weighted by Gasteiger charge is -2.23. The smallest absolute Gasteiger partial charge is 0.336 e. The summed E-state index contributed by atoms with van der Waals surface area (Å²) < 4.78 is 11.2. The lowest BCUT2D eigenvalue weighted by atomic mass is 10.1. The summed E-state index contributed by atoms with van der Waals surface area (Å²) in [5.41, 5.74) is 2.86. The molecule has 0 bridgehead atoms. The molecule has 0 aliphatic rings. The van der Waals surface area contributed by atoms with Crippen molar-refractivity contribution in [2.75, 3.05) is 21.1 Å². The maximum atomic E-state index is 12.1. The molecule has 0 radical (unpaired) electrons. The number of esters is 1. The van der Waals surface area contributed by atoms with Gasteiger partial charge in [0.2, 0.25) is 0 Å². The van der Waals surface area contributed by atoms with Gasteiger partial charge in [0.05, 0.1) is 21.1 Å². The van der Waals surface area contributed by atoms with E-state index in [9.17, 15) is 9.59 Å². The Hall–Kier alpha value is -2.89. The summed E-state index contributed by atoms with van der Waals surface area (Å²) in [7, 11) is 6.28. The molecular formula is C22H22ClNO4. The fourth-order valence-electron chi connectivity index (χ4n) is 2.72. The minimum absolute atomic E-state index is 0. The highest BCUT2D eigenvalue weighted by Gasteiger charge is 2.11. The highest BCUT2D eigenvalue weighted by atomic mass is 35.5. The zero-order valence-electron chi connectivity index (χ0n) is 16.2. The van der Waals surface area contributed by atoms with Crippen molar-refractivity contribution in [2.45, 2.75) is 6.92 Å². The van der Waals surface area contributed by atoms with E-state index in [1.54, 1.807) is 24.3 Å². The van der Waals surface area contributed by atoms with Crippen LogP contribution in [0.5, 0.6) is 5.75 Å². The molecule has 0 aliphatic heterocycles. The summed E-state index contributed by atoms with van der Waals surface area (Å²) in [5.74, 6) is -0.175. The molecule has 0 amide bonds. The van der Waals surface area contributed by atoms with E-state index in [0.717, 1.165) is 21.0 Å². The molecule has 0 unspecified atom stereocenters. The number of rotatable bonds is 4. The monoisotopic (exact) mass is 399 g/mol. The van der Waals surface area contributed by atoms with E-state index in [-0.39, 0.29) is 12.4 Å².